The van der Waals surface area contributed by atoms with Crippen molar-refractivity contribution < 1.29 is 0 Å². The topological polar surface area (TPSA) is 26.0 Å². The Morgan fingerprint density at radius 3 is 2.06 bits per heavy atom. The van der Waals surface area contributed by atoms with Gasteiger partial charge in [-0.05, 0) is 43.9 Å². The van der Waals surface area contributed by atoms with Gasteiger partial charge >= 0.3 is 0 Å². The standard InChI is InChI=1S/C16H29N/c1-12(2)13(3)9-8-10-15(14(4)17)11-16(5,6)7/h15H,1,3-4,8-11,17H2,2,5-7H3. The van der Waals surface area contributed by atoms with Gasteiger partial charge < -0.3 is 5.73 Å². The van der Waals surface area contributed by atoms with Crippen LogP contribution in [0, 0.1) is 11.3 Å². The third-order valence-corrected chi connectivity index (χ3v) is 3.02. The van der Waals surface area contributed by atoms with Crippen LogP contribution in [0.5, 0.6) is 0 Å². The maximum Gasteiger partial charge on any atom is 0.00392 e. The molecule has 1 nitrogen and oxygen atoms in total. The Kier molecular flexibility index (Phi) is 6.30. The van der Waals surface area contributed by atoms with E-state index in [9.17, 15) is 0 Å². The van der Waals surface area contributed by atoms with Crippen molar-refractivity contribution >= 4 is 0 Å². The third kappa shape index (κ3) is 7.84. The van der Waals surface area contributed by atoms with E-state index in [4.69, 9.17) is 5.73 Å². The van der Waals surface area contributed by atoms with E-state index < -0.39 is 0 Å². The maximum atomic E-state index is 5.89. The molecule has 0 heterocycles. The first-order valence-electron chi connectivity index (χ1n) is 6.41. The predicted molar refractivity (Wildman–Crippen MR) is 78.7 cm³/mol. The van der Waals surface area contributed by atoms with Crippen molar-refractivity contribution in [2.75, 3.05) is 0 Å². The van der Waals surface area contributed by atoms with Crippen LogP contribution >= 0.6 is 0 Å². The molecule has 0 spiro atoms. The van der Waals surface area contributed by atoms with E-state index in [0.29, 0.717) is 11.3 Å². The molecule has 0 fully saturated rings. The van der Waals surface area contributed by atoms with Crippen LogP contribution in [-0.2, 0) is 0 Å². The van der Waals surface area contributed by atoms with Gasteiger partial charge in [0, 0.05) is 5.70 Å². The third-order valence-electron chi connectivity index (χ3n) is 3.02. The van der Waals surface area contributed by atoms with Gasteiger partial charge in [-0.2, -0.15) is 0 Å². The molecule has 0 radical (unpaired) electrons. The quantitative estimate of drug-likeness (QED) is 0.629. The molecule has 0 aliphatic rings. The Morgan fingerprint density at radius 2 is 1.71 bits per heavy atom. The van der Waals surface area contributed by atoms with Crippen molar-refractivity contribution in [3.63, 3.8) is 0 Å². The maximum absolute atomic E-state index is 5.89. The van der Waals surface area contributed by atoms with E-state index in [1.165, 1.54) is 0 Å². The minimum absolute atomic E-state index is 0.304. The highest BCUT2D eigenvalue weighted by molar-refractivity contribution is 5.22. The van der Waals surface area contributed by atoms with Crippen LogP contribution in [0.4, 0.5) is 0 Å². The minimum atomic E-state index is 0.304. The molecule has 0 aromatic heterocycles. The Hall–Kier alpha value is -0.980. The molecule has 0 aromatic rings. The molecule has 0 aliphatic carbocycles. The SMILES string of the molecule is C=C(C)C(=C)CCCC(CC(C)(C)C)C(=C)N. The van der Waals surface area contributed by atoms with Gasteiger partial charge in [0.1, 0.15) is 0 Å². The first-order valence-corrected chi connectivity index (χ1v) is 6.41. The molecule has 0 saturated heterocycles. The highest BCUT2D eigenvalue weighted by Gasteiger charge is 2.19. The van der Waals surface area contributed by atoms with Crippen LogP contribution in [0.25, 0.3) is 0 Å². The van der Waals surface area contributed by atoms with Gasteiger partial charge in [-0.1, -0.05) is 51.7 Å². The Bertz CT molecular complexity index is 291. The van der Waals surface area contributed by atoms with Crippen LogP contribution < -0.4 is 5.73 Å². The van der Waals surface area contributed by atoms with Crippen LogP contribution in [0.2, 0.25) is 0 Å². The molecule has 0 bridgehead atoms. The van der Waals surface area contributed by atoms with Gasteiger partial charge in [0.05, 0.1) is 0 Å². The normalized spacial score (nSPS) is 13.2. The lowest BCUT2D eigenvalue weighted by Crippen LogP contribution is -2.18. The molecule has 0 aromatic carbocycles. The molecule has 2 N–H and O–H groups in total. The average molecular weight is 235 g/mol. The summed E-state index contributed by atoms with van der Waals surface area (Å²) < 4.78 is 0. The van der Waals surface area contributed by atoms with Crippen LogP contribution in [0.3, 0.4) is 0 Å². The van der Waals surface area contributed by atoms with E-state index in [1.807, 2.05) is 6.92 Å². The van der Waals surface area contributed by atoms with Crippen LogP contribution in [0.1, 0.15) is 53.4 Å². The number of allylic oxidation sites excluding steroid dienone is 3. The summed E-state index contributed by atoms with van der Waals surface area (Å²) >= 11 is 0. The van der Waals surface area contributed by atoms with Crippen molar-refractivity contribution in [2.45, 2.75) is 53.4 Å². The summed E-state index contributed by atoms with van der Waals surface area (Å²) in [6.45, 7) is 20.6. The zero-order valence-corrected chi connectivity index (χ0v) is 12.1. The zero-order chi connectivity index (χ0) is 13.6. The molecule has 1 heteroatoms. The average Bonchev–Trinajstić information content (AvgIpc) is 2.13. The first-order chi connectivity index (χ1) is 7.63. The van der Waals surface area contributed by atoms with Crippen LogP contribution in [-0.4, -0.2) is 0 Å². The molecule has 17 heavy (non-hydrogen) atoms. The largest absolute Gasteiger partial charge is 0.402 e. The summed E-state index contributed by atoms with van der Waals surface area (Å²) in [6.07, 6.45) is 4.33. The molecule has 0 saturated carbocycles. The van der Waals surface area contributed by atoms with E-state index in [-0.39, 0.29) is 0 Å². The lowest BCUT2D eigenvalue weighted by atomic mass is 9.81. The van der Waals surface area contributed by atoms with Crippen molar-refractivity contribution in [3.8, 4) is 0 Å². The predicted octanol–water partition coefficient (Wildman–Crippen LogP) is 4.81. The Labute approximate surface area is 107 Å². The van der Waals surface area contributed by atoms with Crippen LogP contribution in [0.15, 0.2) is 36.6 Å². The fourth-order valence-electron chi connectivity index (χ4n) is 1.93. The van der Waals surface area contributed by atoms with Crippen molar-refractivity contribution in [2.24, 2.45) is 17.1 Å². The van der Waals surface area contributed by atoms with Gasteiger partial charge in [0.15, 0.2) is 0 Å². The molecular formula is C16H29N. The van der Waals surface area contributed by atoms with Crippen molar-refractivity contribution in [3.05, 3.63) is 36.6 Å². The number of hydrogen-bond acceptors (Lipinski definition) is 1. The van der Waals surface area contributed by atoms with E-state index >= 15 is 0 Å². The highest BCUT2D eigenvalue weighted by atomic mass is 14.6. The minimum Gasteiger partial charge on any atom is -0.402 e. The van der Waals surface area contributed by atoms with Gasteiger partial charge in [-0.15, -0.1) is 0 Å². The summed E-state index contributed by atoms with van der Waals surface area (Å²) in [5.74, 6) is 0.424. The first kappa shape index (κ1) is 16.0. The molecule has 0 aliphatic heterocycles. The Balaban J connectivity index is 4.16. The lowest BCUT2D eigenvalue weighted by molar-refractivity contribution is 0.303. The smallest absolute Gasteiger partial charge is 0.00392 e. The molecule has 1 atom stereocenters. The zero-order valence-electron chi connectivity index (χ0n) is 12.1. The molecule has 0 amide bonds. The summed E-state index contributed by atoms with van der Waals surface area (Å²) in [5.41, 5.74) is 9.25. The number of rotatable bonds is 7. The van der Waals surface area contributed by atoms with Gasteiger partial charge in [0.25, 0.3) is 0 Å². The molecule has 1 unspecified atom stereocenters. The van der Waals surface area contributed by atoms with Crippen molar-refractivity contribution in [1.29, 1.82) is 0 Å². The second kappa shape index (κ2) is 6.68. The fourth-order valence-corrected chi connectivity index (χ4v) is 1.93. The van der Waals surface area contributed by atoms with Gasteiger partial charge in [0.2, 0.25) is 0 Å². The second-order valence-corrected chi connectivity index (χ2v) is 6.31. The van der Waals surface area contributed by atoms with E-state index in [2.05, 4.69) is 40.5 Å². The highest BCUT2D eigenvalue weighted by Crippen LogP contribution is 2.30. The number of nitrogens with two attached hydrogens (primary N) is 1. The van der Waals surface area contributed by atoms with E-state index in [0.717, 1.165) is 42.5 Å². The summed E-state index contributed by atoms with van der Waals surface area (Å²) in [7, 11) is 0. The van der Waals surface area contributed by atoms with Crippen molar-refractivity contribution in [1.82, 2.24) is 0 Å². The summed E-state index contributed by atoms with van der Waals surface area (Å²) in [5, 5.41) is 0. The Morgan fingerprint density at radius 1 is 1.18 bits per heavy atom. The number of hydrogen-bond donors (Lipinski definition) is 1. The fraction of sp³-hybridized carbons (Fsp3) is 0.625. The monoisotopic (exact) mass is 235 g/mol. The van der Waals surface area contributed by atoms with Gasteiger partial charge in [-0.3, -0.25) is 0 Å². The van der Waals surface area contributed by atoms with E-state index in [1.54, 1.807) is 0 Å². The summed E-state index contributed by atoms with van der Waals surface area (Å²) in [6, 6.07) is 0. The van der Waals surface area contributed by atoms with Gasteiger partial charge in [-0.25, -0.2) is 0 Å². The molecule has 0 rings (SSSR count). The lowest BCUT2D eigenvalue weighted by Gasteiger charge is -2.26. The second-order valence-electron chi connectivity index (χ2n) is 6.31. The molecular weight excluding hydrogens is 206 g/mol. The summed E-state index contributed by atoms with van der Waals surface area (Å²) in [4.78, 5) is 0. The molecule has 98 valence electrons.